The number of nitrogen functional groups attached to an aromatic ring is 1. The van der Waals surface area contributed by atoms with Crippen molar-refractivity contribution in [3.8, 4) is 5.75 Å². The largest absolute Gasteiger partial charge is 0.487 e. The van der Waals surface area contributed by atoms with Gasteiger partial charge in [0.15, 0.2) is 5.75 Å². The topological polar surface area (TPSA) is 55.5 Å². The summed E-state index contributed by atoms with van der Waals surface area (Å²) in [5, 5.41) is 8.98. The molecule has 1 aromatic rings. The third kappa shape index (κ3) is 2.76. The Morgan fingerprint density at radius 1 is 1.54 bits per heavy atom. The zero-order chi connectivity index (χ0) is 9.84. The number of ether oxygens (including phenoxy) is 1. The van der Waals surface area contributed by atoms with E-state index in [0.29, 0.717) is 16.5 Å². The van der Waals surface area contributed by atoms with Crippen molar-refractivity contribution < 1.29 is 9.84 Å². The molecule has 0 saturated heterocycles. The Balaban J connectivity index is 2.92. The molecule has 0 aliphatic carbocycles. The summed E-state index contributed by atoms with van der Waals surface area (Å²) in [6.07, 6.45) is 0. The molecule has 0 amide bonds. The van der Waals surface area contributed by atoms with Gasteiger partial charge in [0, 0.05) is 4.47 Å². The highest BCUT2D eigenvalue weighted by Crippen LogP contribution is 2.34. The van der Waals surface area contributed by atoms with Crippen LogP contribution in [0.3, 0.4) is 0 Å². The van der Waals surface area contributed by atoms with Gasteiger partial charge in [0.1, 0.15) is 6.61 Å². The Hall–Kier alpha value is -0.450. The van der Waals surface area contributed by atoms with E-state index < -0.39 is 0 Å². The van der Waals surface area contributed by atoms with Crippen LogP contribution in [-0.4, -0.2) is 18.3 Å². The lowest BCUT2D eigenvalue weighted by Gasteiger charge is -2.09. The molecule has 3 N–H and O–H groups in total. The molecule has 5 heteroatoms. The summed E-state index contributed by atoms with van der Waals surface area (Å²) in [5.41, 5.74) is 6.09. The summed E-state index contributed by atoms with van der Waals surface area (Å²) in [6, 6.07) is 3.38. The number of hydrogen-bond acceptors (Lipinski definition) is 3. The molecule has 0 heterocycles. The third-order valence-electron chi connectivity index (χ3n) is 1.37. The molecule has 0 fully saturated rings. The van der Waals surface area contributed by atoms with Crippen LogP contribution < -0.4 is 10.5 Å². The molecule has 72 valence electrons. The maximum absolute atomic E-state index is 8.55. The van der Waals surface area contributed by atoms with Crippen LogP contribution in [0.1, 0.15) is 0 Å². The fourth-order valence-corrected chi connectivity index (χ4v) is 1.77. The van der Waals surface area contributed by atoms with Crippen LogP contribution in [0.2, 0.25) is 5.02 Å². The summed E-state index contributed by atoms with van der Waals surface area (Å²) in [6.45, 7) is 0.122. The molecule has 0 spiro atoms. The molecule has 13 heavy (non-hydrogen) atoms. The van der Waals surface area contributed by atoms with Crippen LogP contribution in [0.15, 0.2) is 16.6 Å². The van der Waals surface area contributed by atoms with E-state index in [2.05, 4.69) is 15.9 Å². The van der Waals surface area contributed by atoms with Crippen LogP contribution in [-0.2, 0) is 0 Å². The number of benzene rings is 1. The maximum atomic E-state index is 8.55. The van der Waals surface area contributed by atoms with E-state index in [1.165, 1.54) is 0 Å². The monoisotopic (exact) mass is 265 g/mol. The molecular weight excluding hydrogens is 257 g/mol. The first kappa shape index (κ1) is 10.6. The van der Waals surface area contributed by atoms with E-state index in [1.807, 2.05) is 0 Å². The van der Waals surface area contributed by atoms with E-state index in [1.54, 1.807) is 12.1 Å². The van der Waals surface area contributed by atoms with E-state index in [9.17, 15) is 0 Å². The predicted octanol–water partition coefficient (Wildman–Crippen LogP) is 2.06. The van der Waals surface area contributed by atoms with Crippen molar-refractivity contribution in [2.24, 2.45) is 0 Å². The van der Waals surface area contributed by atoms with Gasteiger partial charge in [-0.05, 0) is 12.1 Å². The van der Waals surface area contributed by atoms with Gasteiger partial charge in [-0.3, -0.25) is 0 Å². The molecule has 0 saturated carbocycles. The zero-order valence-corrected chi connectivity index (χ0v) is 9.10. The van der Waals surface area contributed by atoms with Crippen LogP contribution in [0.4, 0.5) is 5.69 Å². The number of aliphatic hydroxyl groups is 1. The van der Waals surface area contributed by atoms with Gasteiger partial charge in [-0.15, -0.1) is 0 Å². The Kier molecular flexibility index (Phi) is 3.84. The first-order valence-corrected chi connectivity index (χ1v) is 4.80. The second-order valence-electron chi connectivity index (χ2n) is 2.38. The molecule has 0 bridgehead atoms. The average molecular weight is 267 g/mol. The lowest BCUT2D eigenvalue weighted by atomic mass is 10.3. The number of nitrogens with two attached hydrogens (primary N) is 1. The molecule has 0 aromatic heterocycles. The Morgan fingerprint density at radius 3 is 2.77 bits per heavy atom. The highest BCUT2D eigenvalue weighted by Gasteiger charge is 2.07. The van der Waals surface area contributed by atoms with Gasteiger partial charge < -0.3 is 15.6 Å². The molecule has 0 unspecified atom stereocenters. The highest BCUT2D eigenvalue weighted by atomic mass is 79.9. The minimum absolute atomic E-state index is 0.0637. The van der Waals surface area contributed by atoms with Crippen molar-refractivity contribution >= 4 is 33.2 Å². The van der Waals surface area contributed by atoms with Gasteiger partial charge in [0.05, 0.1) is 17.3 Å². The Labute approximate surface area is 89.6 Å². The summed E-state index contributed by atoms with van der Waals surface area (Å²) in [4.78, 5) is 0. The average Bonchev–Trinajstić information content (AvgIpc) is 2.02. The second kappa shape index (κ2) is 4.69. The van der Waals surface area contributed by atoms with E-state index in [-0.39, 0.29) is 13.2 Å². The Bertz CT molecular complexity index is 283. The highest BCUT2D eigenvalue weighted by molar-refractivity contribution is 9.10. The molecule has 0 atom stereocenters. The number of rotatable bonds is 3. The SMILES string of the molecule is Nc1cc(Br)cc(Cl)c1OCCO. The predicted molar refractivity (Wildman–Crippen MR) is 56.1 cm³/mol. The van der Waals surface area contributed by atoms with Crippen LogP contribution in [0, 0.1) is 0 Å². The van der Waals surface area contributed by atoms with Crippen LogP contribution in [0.5, 0.6) is 5.75 Å². The first-order chi connectivity index (χ1) is 6.15. The smallest absolute Gasteiger partial charge is 0.160 e. The van der Waals surface area contributed by atoms with Gasteiger partial charge in [-0.2, -0.15) is 0 Å². The van der Waals surface area contributed by atoms with Crippen molar-refractivity contribution in [1.82, 2.24) is 0 Å². The lowest BCUT2D eigenvalue weighted by molar-refractivity contribution is 0.202. The molecule has 0 aliphatic heterocycles. The molecule has 0 radical (unpaired) electrons. The molecule has 1 rings (SSSR count). The molecule has 3 nitrogen and oxygen atoms in total. The quantitative estimate of drug-likeness (QED) is 0.823. The number of hydrogen-bond donors (Lipinski definition) is 2. The fraction of sp³-hybridized carbons (Fsp3) is 0.250. The zero-order valence-electron chi connectivity index (χ0n) is 6.76. The fourth-order valence-electron chi connectivity index (χ4n) is 0.880. The third-order valence-corrected chi connectivity index (χ3v) is 2.11. The van der Waals surface area contributed by atoms with Crippen molar-refractivity contribution in [3.63, 3.8) is 0 Å². The van der Waals surface area contributed by atoms with Gasteiger partial charge in [-0.1, -0.05) is 27.5 Å². The first-order valence-electron chi connectivity index (χ1n) is 3.63. The number of aliphatic hydroxyl groups excluding tert-OH is 1. The van der Waals surface area contributed by atoms with Gasteiger partial charge in [0.25, 0.3) is 0 Å². The van der Waals surface area contributed by atoms with Gasteiger partial charge in [-0.25, -0.2) is 0 Å². The second-order valence-corrected chi connectivity index (χ2v) is 3.70. The normalized spacial score (nSPS) is 10.1. The number of halogens is 2. The maximum Gasteiger partial charge on any atom is 0.160 e. The van der Waals surface area contributed by atoms with Crippen molar-refractivity contribution in [1.29, 1.82) is 0 Å². The van der Waals surface area contributed by atoms with Crippen molar-refractivity contribution in [3.05, 3.63) is 21.6 Å². The summed E-state index contributed by atoms with van der Waals surface area (Å²) in [5.74, 6) is 0.416. The van der Waals surface area contributed by atoms with Crippen molar-refractivity contribution in [2.75, 3.05) is 18.9 Å². The van der Waals surface area contributed by atoms with Crippen molar-refractivity contribution in [2.45, 2.75) is 0 Å². The van der Waals surface area contributed by atoms with Gasteiger partial charge >= 0.3 is 0 Å². The standard InChI is InChI=1S/C8H9BrClNO2/c9-5-3-6(10)8(7(11)4-5)13-2-1-12/h3-4,12H,1-2,11H2. The van der Waals surface area contributed by atoms with E-state index in [4.69, 9.17) is 27.2 Å². The molecule has 0 aliphatic rings. The van der Waals surface area contributed by atoms with Gasteiger partial charge in [0.2, 0.25) is 0 Å². The van der Waals surface area contributed by atoms with Crippen LogP contribution in [0.25, 0.3) is 0 Å². The molecular formula is C8H9BrClNO2. The van der Waals surface area contributed by atoms with Crippen LogP contribution >= 0.6 is 27.5 Å². The van der Waals surface area contributed by atoms with E-state index in [0.717, 1.165) is 4.47 Å². The molecule has 1 aromatic carbocycles. The summed E-state index contributed by atoms with van der Waals surface area (Å²) >= 11 is 9.10. The number of anilines is 1. The summed E-state index contributed by atoms with van der Waals surface area (Å²) < 4.78 is 5.94. The summed E-state index contributed by atoms with van der Waals surface area (Å²) in [7, 11) is 0. The minimum atomic E-state index is -0.0637. The minimum Gasteiger partial charge on any atom is -0.487 e. The van der Waals surface area contributed by atoms with E-state index >= 15 is 0 Å². The Morgan fingerprint density at radius 2 is 2.23 bits per heavy atom. The lowest BCUT2D eigenvalue weighted by Crippen LogP contribution is -2.04.